The number of rotatable bonds is 7. The predicted molar refractivity (Wildman–Crippen MR) is 130 cm³/mol. The van der Waals surface area contributed by atoms with Crippen LogP contribution in [0.4, 0.5) is 10.5 Å². The summed E-state index contributed by atoms with van der Waals surface area (Å²) >= 11 is 0.860. The third kappa shape index (κ3) is 5.52. The zero-order chi connectivity index (χ0) is 23.9. The third-order valence-electron chi connectivity index (χ3n) is 4.95. The number of carbonyl (C=O) groups excluding carboxylic acids is 3. The molecule has 1 heterocycles. The van der Waals surface area contributed by atoms with Crippen molar-refractivity contribution in [2.75, 3.05) is 11.9 Å². The molecule has 7 nitrogen and oxygen atoms in total. The minimum atomic E-state index is -0.402. The lowest BCUT2D eigenvalue weighted by molar-refractivity contribution is -0.123. The van der Waals surface area contributed by atoms with Gasteiger partial charge < -0.3 is 10.1 Å². The summed E-state index contributed by atoms with van der Waals surface area (Å²) in [5, 5.41) is 11.6. The highest BCUT2D eigenvalue weighted by Crippen LogP contribution is 2.33. The number of para-hydroxylation sites is 1. The van der Waals surface area contributed by atoms with Crippen LogP contribution in [0.3, 0.4) is 0 Å². The number of thioether (sulfide) groups is 1. The summed E-state index contributed by atoms with van der Waals surface area (Å²) in [5.74, 6) is -0.177. The monoisotopic (exact) mass is 469 g/mol. The molecule has 0 aromatic heterocycles. The summed E-state index contributed by atoms with van der Waals surface area (Å²) in [7, 11) is 0. The number of imide groups is 1. The first-order valence-electron chi connectivity index (χ1n) is 10.3. The number of anilines is 1. The molecule has 1 saturated heterocycles. The van der Waals surface area contributed by atoms with E-state index in [0.29, 0.717) is 33.0 Å². The van der Waals surface area contributed by atoms with Crippen LogP contribution < -0.4 is 10.1 Å². The minimum absolute atomic E-state index is 0.0452. The largest absolute Gasteiger partial charge is 0.484 e. The van der Waals surface area contributed by atoms with Gasteiger partial charge in [-0.2, -0.15) is 5.26 Å². The third-order valence-corrected chi connectivity index (χ3v) is 5.85. The molecule has 168 valence electrons. The van der Waals surface area contributed by atoms with Gasteiger partial charge >= 0.3 is 0 Å². The Morgan fingerprint density at radius 3 is 2.44 bits per heavy atom. The second-order valence-corrected chi connectivity index (χ2v) is 8.30. The number of ether oxygens (including phenoxy) is 1. The molecule has 34 heavy (non-hydrogen) atoms. The zero-order valence-corrected chi connectivity index (χ0v) is 18.7. The summed E-state index contributed by atoms with van der Waals surface area (Å²) in [6.45, 7) is -0.0964. The smallest absolute Gasteiger partial charge is 0.293 e. The number of benzene rings is 3. The van der Waals surface area contributed by atoms with Crippen molar-refractivity contribution in [3.63, 3.8) is 0 Å². The molecular formula is C26H19N3O4S. The second kappa shape index (κ2) is 10.5. The van der Waals surface area contributed by atoms with E-state index in [-0.39, 0.29) is 24.3 Å². The molecule has 0 aliphatic carbocycles. The van der Waals surface area contributed by atoms with Gasteiger partial charge in [-0.15, -0.1) is 0 Å². The molecule has 0 atom stereocenters. The summed E-state index contributed by atoms with van der Waals surface area (Å²) in [4.78, 5) is 38.6. The van der Waals surface area contributed by atoms with Crippen LogP contribution in [0.15, 0.2) is 83.8 Å². The number of nitriles is 1. The molecule has 0 unspecified atom stereocenters. The van der Waals surface area contributed by atoms with Crippen molar-refractivity contribution < 1.29 is 19.1 Å². The number of nitrogens with one attached hydrogen (secondary N) is 1. The maximum absolute atomic E-state index is 12.8. The van der Waals surface area contributed by atoms with Crippen LogP contribution in [0, 0.1) is 11.3 Å². The molecule has 4 rings (SSSR count). The van der Waals surface area contributed by atoms with Gasteiger partial charge in [-0.25, -0.2) is 0 Å². The van der Waals surface area contributed by atoms with Gasteiger partial charge in [0.1, 0.15) is 5.75 Å². The Morgan fingerprint density at radius 2 is 1.71 bits per heavy atom. The molecular weight excluding hydrogens is 450 g/mol. The van der Waals surface area contributed by atoms with Crippen molar-refractivity contribution in [3.05, 3.63) is 100 Å². The minimum Gasteiger partial charge on any atom is -0.484 e. The van der Waals surface area contributed by atoms with Gasteiger partial charge in [0.15, 0.2) is 6.61 Å². The van der Waals surface area contributed by atoms with E-state index in [1.807, 2.05) is 18.2 Å². The van der Waals surface area contributed by atoms with Crippen LogP contribution in [0.25, 0.3) is 6.08 Å². The number of hydrogen-bond acceptors (Lipinski definition) is 6. The van der Waals surface area contributed by atoms with E-state index < -0.39 is 5.91 Å². The van der Waals surface area contributed by atoms with Crippen molar-refractivity contribution in [2.45, 2.75) is 6.54 Å². The van der Waals surface area contributed by atoms with E-state index in [1.54, 1.807) is 66.7 Å². The van der Waals surface area contributed by atoms with Crippen LogP contribution in [0.2, 0.25) is 0 Å². The Labute approximate surface area is 200 Å². The molecule has 0 spiro atoms. The number of hydrogen-bond donors (Lipinski definition) is 1. The van der Waals surface area contributed by atoms with Gasteiger partial charge in [-0.3, -0.25) is 19.3 Å². The van der Waals surface area contributed by atoms with Crippen molar-refractivity contribution in [3.8, 4) is 11.8 Å². The van der Waals surface area contributed by atoms with Gasteiger partial charge in [-0.05, 0) is 59.3 Å². The van der Waals surface area contributed by atoms with E-state index in [0.717, 1.165) is 16.7 Å². The highest BCUT2D eigenvalue weighted by molar-refractivity contribution is 8.18. The molecule has 3 aromatic carbocycles. The first-order chi connectivity index (χ1) is 16.5. The number of amides is 3. The molecule has 1 fully saturated rings. The lowest BCUT2D eigenvalue weighted by Gasteiger charge is -2.13. The molecule has 1 N–H and O–H groups in total. The van der Waals surface area contributed by atoms with Crippen molar-refractivity contribution in [1.29, 1.82) is 5.26 Å². The maximum Gasteiger partial charge on any atom is 0.293 e. The van der Waals surface area contributed by atoms with E-state index >= 15 is 0 Å². The average molecular weight is 470 g/mol. The SMILES string of the molecule is N#Cc1ccccc1CN1C(=O)S/C(=C/c2ccc(OCC(=O)Nc3ccccc3)cc2)C1=O. The Morgan fingerprint density at radius 1 is 1.00 bits per heavy atom. The first kappa shape index (κ1) is 22.8. The van der Waals surface area contributed by atoms with Crippen molar-refractivity contribution in [2.24, 2.45) is 0 Å². The molecule has 1 aliphatic rings. The zero-order valence-electron chi connectivity index (χ0n) is 17.9. The summed E-state index contributed by atoms with van der Waals surface area (Å²) < 4.78 is 5.51. The van der Waals surface area contributed by atoms with E-state index in [9.17, 15) is 19.6 Å². The fraction of sp³-hybridized carbons (Fsp3) is 0.0769. The number of carbonyl (C=O) groups is 3. The quantitative estimate of drug-likeness (QED) is 0.499. The highest BCUT2D eigenvalue weighted by Gasteiger charge is 2.35. The van der Waals surface area contributed by atoms with Crippen LogP contribution >= 0.6 is 11.8 Å². The highest BCUT2D eigenvalue weighted by atomic mass is 32.2. The van der Waals surface area contributed by atoms with Crippen LogP contribution in [-0.4, -0.2) is 28.6 Å². The van der Waals surface area contributed by atoms with E-state index in [4.69, 9.17) is 4.74 Å². The lowest BCUT2D eigenvalue weighted by Crippen LogP contribution is -2.27. The molecule has 0 radical (unpaired) electrons. The fourth-order valence-electron chi connectivity index (χ4n) is 3.25. The van der Waals surface area contributed by atoms with Crippen molar-refractivity contribution in [1.82, 2.24) is 4.90 Å². The van der Waals surface area contributed by atoms with Gasteiger partial charge in [0.25, 0.3) is 17.1 Å². The Hall–Kier alpha value is -4.35. The normalized spacial score (nSPS) is 14.2. The standard InChI is InChI=1S/C26H19N3O4S/c27-15-19-6-4-5-7-20(19)16-29-25(31)23(34-26(29)32)14-18-10-12-22(13-11-18)33-17-24(30)28-21-8-2-1-3-9-21/h1-14H,16-17H2,(H,28,30)/b23-14+. The Bertz CT molecular complexity index is 1300. The maximum atomic E-state index is 12.8. The van der Waals surface area contributed by atoms with Gasteiger partial charge in [0, 0.05) is 5.69 Å². The molecule has 8 heteroatoms. The van der Waals surface area contributed by atoms with Gasteiger partial charge in [-0.1, -0.05) is 48.5 Å². The van der Waals surface area contributed by atoms with Gasteiger partial charge in [0.05, 0.1) is 23.1 Å². The molecule has 3 amide bonds. The average Bonchev–Trinajstić information content (AvgIpc) is 3.12. The Balaban J connectivity index is 1.36. The van der Waals surface area contributed by atoms with Crippen LogP contribution in [0.5, 0.6) is 5.75 Å². The van der Waals surface area contributed by atoms with Crippen LogP contribution in [0.1, 0.15) is 16.7 Å². The summed E-state index contributed by atoms with van der Waals surface area (Å²) in [6.07, 6.45) is 1.63. The lowest BCUT2D eigenvalue weighted by atomic mass is 10.1. The molecule has 0 bridgehead atoms. The van der Waals surface area contributed by atoms with Gasteiger partial charge in [0.2, 0.25) is 0 Å². The molecule has 1 aliphatic heterocycles. The first-order valence-corrected chi connectivity index (χ1v) is 11.2. The predicted octanol–water partition coefficient (Wildman–Crippen LogP) is 4.81. The second-order valence-electron chi connectivity index (χ2n) is 7.31. The molecule has 0 saturated carbocycles. The van der Waals surface area contributed by atoms with E-state index in [2.05, 4.69) is 11.4 Å². The summed E-state index contributed by atoms with van der Waals surface area (Å²) in [6, 6.07) is 24.9. The topological polar surface area (TPSA) is 99.5 Å². The Kier molecular flexibility index (Phi) is 7.06. The van der Waals surface area contributed by atoms with E-state index in [1.165, 1.54) is 0 Å². The van der Waals surface area contributed by atoms with Crippen molar-refractivity contribution >= 4 is 40.6 Å². The fourth-order valence-corrected chi connectivity index (χ4v) is 4.09. The van der Waals surface area contributed by atoms with Crippen LogP contribution in [-0.2, 0) is 16.1 Å². The molecule has 3 aromatic rings. The summed E-state index contributed by atoms with van der Waals surface area (Å²) in [5.41, 5.74) is 2.45. The number of nitrogens with zero attached hydrogens (tertiary/aromatic N) is 2.